The first-order chi connectivity index (χ1) is 9.95. The normalized spacial score (nSPS) is 25.8. The van der Waals surface area contributed by atoms with Crippen molar-refractivity contribution >= 4 is 5.91 Å². The molecule has 0 aliphatic carbocycles. The lowest BCUT2D eigenvalue weighted by Gasteiger charge is -2.24. The minimum atomic E-state index is -4.37. The maximum atomic E-state index is 12.5. The summed E-state index contributed by atoms with van der Waals surface area (Å²) in [6, 6.07) is 4.79. The molecule has 0 spiro atoms. The van der Waals surface area contributed by atoms with Crippen molar-refractivity contribution in [3.8, 4) is 0 Å². The zero-order valence-electron chi connectivity index (χ0n) is 11.5. The Morgan fingerprint density at radius 2 is 1.90 bits per heavy atom. The Kier molecular flexibility index (Phi) is 3.65. The predicted molar refractivity (Wildman–Crippen MR) is 71.9 cm³/mol. The number of alkyl halides is 3. The highest BCUT2D eigenvalue weighted by Gasteiger charge is 2.37. The van der Waals surface area contributed by atoms with Crippen molar-refractivity contribution in [2.45, 2.75) is 25.1 Å². The lowest BCUT2D eigenvalue weighted by atomic mass is 9.94. The zero-order chi connectivity index (χ0) is 15.0. The third kappa shape index (κ3) is 2.90. The Balaban J connectivity index is 1.71. The number of amides is 1. The van der Waals surface area contributed by atoms with E-state index in [1.807, 2.05) is 0 Å². The highest BCUT2D eigenvalue weighted by molar-refractivity contribution is 5.94. The first kappa shape index (κ1) is 14.4. The highest BCUT2D eigenvalue weighted by atomic mass is 19.4. The van der Waals surface area contributed by atoms with Gasteiger partial charge in [-0.1, -0.05) is 0 Å². The Hall–Kier alpha value is -1.56. The molecule has 6 heteroatoms. The van der Waals surface area contributed by atoms with Gasteiger partial charge in [0, 0.05) is 24.7 Å². The SMILES string of the molecule is O=C(c1ccc(C(F)(F)F)cc1)N1CC2CCCNC2C1. The van der Waals surface area contributed by atoms with Crippen LogP contribution in [0.3, 0.4) is 0 Å². The second kappa shape index (κ2) is 5.33. The summed E-state index contributed by atoms with van der Waals surface area (Å²) in [7, 11) is 0. The molecule has 3 nitrogen and oxygen atoms in total. The number of likely N-dealkylation sites (tertiary alicyclic amines) is 1. The first-order valence-corrected chi connectivity index (χ1v) is 7.15. The number of carbonyl (C=O) groups excluding carboxylic acids is 1. The van der Waals surface area contributed by atoms with Crippen molar-refractivity contribution in [1.82, 2.24) is 10.2 Å². The van der Waals surface area contributed by atoms with Gasteiger partial charge in [-0.25, -0.2) is 0 Å². The van der Waals surface area contributed by atoms with E-state index >= 15 is 0 Å². The van der Waals surface area contributed by atoms with Crippen LogP contribution in [-0.2, 0) is 6.18 Å². The number of hydrogen-bond donors (Lipinski definition) is 1. The largest absolute Gasteiger partial charge is 0.416 e. The van der Waals surface area contributed by atoms with Crippen molar-refractivity contribution in [3.63, 3.8) is 0 Å². The lowest BCUT2D eigenvalue weighted by Crippen LogP contribution is -2.41. The molecule has 1 aromatic carbocycles. The van der Waals surface area contributed by atoms with Crippen LogP contribution in [0.2, 0.25) is 0 Å². The van der Waals surface area contributed by atoms with Gasteiger partial charge in [0.05, 0.1) is 5.56 Å². The molecule has 3 rings (SSSR count). The molecule has 1 amide bonds. The van der Waals surface area contributed by atoms with Crippen molar-refractivity contribution in [2.75, 3.05) is 19.6 Å². The minimum absolute atomic E-state index is 0.181. The van der Waals surface area contributed by atoms with Gasteiger partial charge in [0.1, 0.15) is 0 Å². The standard InChI is InChI=1S/C15H17F3N2O/c16-15(17,18)12-5-3-10(4-6-12)14(21)20-8-11-2-1-7-19-13(11)9-20/h3-6,11,13,19H,1-2,7-9H2. The monoisotopic (exact) mass is 298 g/mol. The third-order valence-electron chi connectivity index (χ3n) is 4.35. The van der Waals surface area contributed by atoms with Crippen LogP contribution in [0.15, 0.2) is 24.3 Å². The predicted octanol–water partition coefficient (Wildman–Crippen LogP) is 2.53. The van der Waals surface area contributed by atoms with Gasteiger partial charge in [-0.2, -0.15) is 13.2 Å². The van der Waals surface area contributed by atoms with E-state index in [-0.39, 0.29) is 5.91 Å². The number of piperidine rings is 1. The topological polar surface area (TPSA) is 32.3 Å². The second-order valence-corrected chi connectivity index (χ2v) is 5.75. The fraction of sp³-hybridized carbons (Fsp3) is 0.533. The molecule has 2 heterocycles. The molecule has 2 atom stereocenters. The van der Waals surface area contributed by atoms with Crippen LogP contribution in [0.5, 0.6) is 0 Å². The maximum Gasteiger partial charge on any atom is 0.416 e. The lowest BCUT2D eigenvalue weighted by molar-refractivity contribution is -0.137. The van der Waals surface area contributed by atoms with Crippen molar-refractivity contribution in [3.05, 3.63) is 35.4 Å². The molecule has 21 heavy (non-hydrogen) atoms. The minimum Gasteiger partial charge on any atom is -0.337 e. The highest BCUT2D eigenvalue weighted by Crippen LogP contribution is 2.30. The van der Waals surface area contributed by atoms with E-state index < -0.39 is 11.7 Å². The summed E-state index contributed by atoms with van der Waals surface area (Å²) in [5.41, 5.74) is -0.405. The molecule has 2 unspecified atom stereocenters. The van der Waals surface area contributed by atoms with Crippen LogP contribution in [0.1, 0.15) is 28.8 Å². The molecule has 0 aromatic heterocycles. The molecule has 0 saturated carbocycles. The molecule has 2 saturated heterocycles. The number of benzene rings is 1. The molecule has 1 N–H and O–H groups in total. The van der Waals surface area contributed by atoms with Crippen LogP contribution < -0.4 is 5.32 Å². The summed E-state index contributed by atoms with van der Waals surface area (Å²) in [5.74, 6) is 0.289. The number of nitrogens with zero attached hydrogens (tertiary/aromatic N) is 1. The van der Waals surface area contributed by atoms with Crippen molar-refractivity contribution < 1.29 is 18.0 Å². The number of nitrogens with one attached hydrogen (secondary N) is 1. The maximum absolute atomic E-state index is 12.5. The van der Waals surface area contributed by atoms with Crippen LogP contribution in [-0.4, -0.2) is 36.5 Å². The van der Waals surface area contributed by atoms with Gasteiger partial charge in [-0.15, -0.1) is 0 Å². The van der Waals surface area contributed by atoms with E-state index in [4.69, 9.17) is 0 Å². The molecular weight excluding hydrogens is 281 g/mol. The van der Waals surface area contributed by atoms with Gasteiger partial charge in [-0.3, -0.25) is 4.79 Å². The first-order valence-electron chi connectivity index (χ1n) is 7.15. The fourth-order valence-corrected chi connectivity index (χ4v) is 3.20. The van der Waals surface area contributed by atoms with Crippen molar-refractivity contribution in [2.24, 2.45) is 5.92 Å². The van der Waals surface area contributed by atoms with Crippen molar-refractivity contribution in [1.29, 1.82) is 0 Å². The van der Waals surface area contributed by atoms with Gasteiger partial charge in [0.25, 0.3) is 5.91 Å². The molecule has 1 aromatic rings. The quantitative estimate of drug-likeness (QED) is 0.864. The molecular formula is C15H17F3N2O. The Morgan fingerprint density at radius 1 is 1.19 bits per heavy atom. The zero-order valence-corrected chi connectivity index (χ0v) is 11.5. The molecule has 2 aliphatic rings. The van der Waals surface area contributed by atoms with E-state index in [1.165, 1.54) is 12.1 Å². The summed E-state index contributed by atoms with van der Waals surface area (Å²) < 4.78 is 37.6. The van der Waals surface area contributed by atoms with Crippen LogP contribution in [0, 0.1) is 5.92 Å². The van der Waals surface area contributed by atoms with Gasteiger partial charge in [0.15, 0.2) is 0 Å². The number of halogens is 3. The summed E-state index contributed by atoms with van der Waals surface area (Å²) in [6.45, 7) is 2.31. The Labute approximate surface area is 121 Å². The summed E-state index contributed by atoms with van der Waals surface area (Å²) in [4.78, 5) is 14.1. The molecule has 0 radical (unpaired) electrons. The number of hydrogen-bond acceptors (Lipinski definition) is 2. The molecule has 114 valence electrons. The van der Waals surface area contributed by atoms with E-state index in [2.05, 4.69) is 5.32 Å². The van der Waals surface area contributed by atoms with Crippen LogP contribution in [0.4, 0.5) is 13.2 Å². The van der Waals surface area contributed by atoms with Gasteiger partial charge in [-0.05, 0) is 49.6 Å². The van der Waals surface area contributed by atoms with Gasteiger partial charge >= 0.3 is 6.18 Å². The summed E-state index contributed by atoms with van der Waals surface area (Å²) in [5, 5.41) is 3.40. The van der Waals surface area contributed by atoms with E-state index in [0.717, 1.165) is 31.5 Å². The van der Waals surface area contributed by atoms with Gasteiger partial charge in [0.2, 0.25) is 0 Å². The number of fused-ring (bicyclic) bond motifs is 1. The summed E-state index contributed by atoms with van der Waals surface area (Å²) >= 11 is 0. The average Bonchev–Trinajstić information content (AvgIpc) is 2.89. The van der Waals surface area contributed by atoms with E-state index in [0.29, 0.717) is 30.6 Å². The van der Waals surface area contributed by atoms with Gasteiger partial charge < -0.3 is 10.2 Å². The Bertz CT molecular complexity index is 513. The van der Waals surface area contributed by atoms with E-state index in [9.17, 15) is 18.0 Å². The average molecular weight is 298 g/mol. The fourth-order valence-electron chi connectivity index (χ4n) is 3.20. The molecule has 2 aliphatic heterocycles. The number of carbonyl (C=O) groups is 1. The number of rotatable bonds is 1. The smallest absolute Gasteiger partial charge is 0.337 e. The van der Waals surface area contributed by atoms with E-state index in [1.54, 1.807) is 4.90 Å². The second-order valence-electron chi connectivity index (χ2n) is 5.75. The third-order valence-corrected chi connectivity index (χ3v) is 4.35. The Morgan fingerprint density at radius 3 is 2.52 bits per heavy atom. The summed E-state index contributed by atoms with van der Waals surface area (Å²) in [6.07, 6.45) is -2.15. The molecule has 0 bridgehead atoms. The molecule has 2 fully saturated rings. The van der Waals surface area contributed by atoms with Crippen LogP contribution in [0.25, 0.3) is 0 Å². The van der Waals surface area contributed by atoms with Crippen LogP contribution >= 0.6 is 0 Å².